The van der Waals surface area contributed by atoms with Gasteiger partial charge in [-0.05, 0) is 41.7 Å². The van der Waals surface area contributed by atoms with Crippen molar-refractivity contribution in [2.24, 2.45) is 0 Å². The molecule has 21 heavy (non-hydrogen) atoms. The Kier molecular flexibility index (Phi) is 4.11. The first kappa shape index (κ1) is 14.0. The average molecular weight is 282 g/mol. The zero-order chi connectivity index (χ0) is 14.7. The van der Waals surface area contributed by atoms with E-state index in [1.807, 2.05) is 12.1 Å². The number of rotatable bonds is 4. The number of hydrogen-bond acceptors (Lipinski definition) is 2. The maximum Gasteiger partial charge on any atom is 0.160 e. The van der Waals surface area contributed by atoms with Crippen LogP contribution in [0.15, 0.2) is 42.5 Å². The summed E-state index contributed by atoms with van der Waals surface area (Å²) in [4.78, 5) is 0. The van der Waals surface area contributed by atoms with Crippen molar-refractivity contribution in [1.82, 2.24) is 5.32 Å². The van der Waals surface area contributed by atoms with E-state index in [1.165, 1.54) is 16.7 Å². The van der Waals surface area contributed by atoms with Crippen LogP contribution in [0.5, 0.6) is 11.5 Å². The summed E-state index contributed by atoms with van der Waals surface area (Å²) >= 11 is 0. The van der Waals surface area contributed by atoms with Crippen LogP contribution in [-0.2, 0) is 12.8 Å². The monoisotopic (exact) mass is 282 g/mol. The SMILES string of the molecule is COc1ccc(CC2[N]CCc3ccccc32)cc1OC. The summed E-state index contributed by atoms with van der Waals surface area (Å²) in [7, 11) is 3.33. The lowest BCUT2D eigenvalue weighted by molar-refractivity contribution is 0.354. The molecule has 1 unspecified atom stereocenters. The molecule has 1 radical (unpaired) electrons. The van der Waals surface area contributed by atoms with Gasteiger partial charge in [-0.25, -0.2) is 5.32 Å². The van der Waals surface area contributed by atoms with E-state index in [4.69, 9.17) is 14.8 Å². The van der Waals surface area contributed by atoms with Gasteiger partial charge in [0, 0.05) is 6.54 Å². The molecule has 3 heteroatoms. The van der Waals surface area contributed by atoms with Crippen molar-refractivity contribution in [2.75, 3.05) is 20.8 Å². The van der Waals surface area contributed by atoms with Crippen LogP contribution >= 0.6 is 0 Å². The summed E-state index contributed by atoms with van der Waals surface area (Å²) in [5.74, 6) is 1.54. The van der Waals surface area contributed by atoms with Crippen molar-refractivity contribution in [3.63, 3.8) is 0 Å². The van der Waals surface area contributed by atoms with Gasteiger partial charge in [0.05, 0.1) is 20.3 Å². The fraction of sp³-hybridized carbons (Fsp3) is 0.333. The van der Waals surface area contributed by atoms with Crippen molar-refractivity contribution < 1.29 is 9.47 Å². The summed E-state index contributed by atoms with van der Waals surface area (Å²) in [6, 6.07) is 15.0. The summed E-state index contributed by atoms with van der Waals surface area (Å²) in [6.45, 7) is 0.912. The number of fused-ring (bicyclic) bond motifs is 1. The van der Waals surface area contributed by atoms with E-state index in [1.54, 1.807) is 14.2 Å². The quantitative estimate of drug-likeness (QED) is 0.863. The highest BCUT2D eigenvalue weighted by atomic mass is 16.5. The first-order valence-corrected chi connectivity index (χ1v) is 7.27. The second kappa shape index (κ2) is 6.19. The molecule has 1 heterocycles. The zero-order valence-electron chi connectivity index (χ0n) is 12.5. The molecule has 2 aromatic carbocycles. The molecule has 1 aliphatic rings. The highest BCUT2D eigenvalue weighted by Gasteiger charge is 2.21. The first-order valence-electron chi connectivity index (χ1n) is 7.27. The number of methoxy groups -OCH3 is 2. The number of benzene rings is 2. The molecule has 0 aromatic heterocycles. The third-order valence-corrected chi connectivity index (χ3v) is 4.02. The molecule has 0 aliphatic carbocycles. The number of nitrogens with zero attached hydrogens (tertiary/aromatic N) is 1. The lowest BCUT2D eigenvalue weighted by Crippen LogP contribution is -2.25. The molecule has 3 nitrogen and oxygen atoms in total. The van der Waals surface area contributed by atoms with Crippen LogP contribution in [0.2, 0.25) is 0 Å². The molecule has 3 rings (SSSR count). The number of ether oxygens (including phenoxy) is 2. The van der Waals surface area contributed by atoms with Crippen molar-refractivity contribution in [2.45, 2.75) is 18.9 Å². The molecule has 1 aliphatic heterocycles. The highest BCUT2D eigenvalue weighted by Crippen LogP contribution is 2.31. The molecule has 0 bridgehead atoms. The van der Waals surface area contributed by atoms with E-state index in [0.29, 0.717) is 0 Å². The molecule has 1 atom stereocenters. The Hall–Kier alpha value is -2.00. The Bertz CT molecular complexity index is 624. The molecular weight excluding hydrogens is 262 g/mol. The minimum absolute atomic E-state index is 0.244. The lowest BCUT2D eigenvalue weighted by atomic mass is 9.90. The van der Waals surface area contributed by atoms with Crippen LogP contribution in [0.1, 0.15) is 22.7 Å². The van der Waals surface area contributed by atoms with Crippen molar-refractivity contribution in [1.29, 1.82) is 0 Å². The predicted molar refractivity (Wildman–Crippen MR) is 83.1 cm³/mol. The first-order chi connectivity index (χ1) is 10.3. The topological polar surface area (TPSA) is 32.6 Å². The van der Waals surface area contributed by atoms with E-state index < -0.39 is 0 Å². The van der Waals surface area contributed by atoms with Crippen LogP contribution in [-0.4, -0.2) is 20.8 Å². The molecule has 109 valence electrons. The third kappa shape index (κ3) is 2.88. The van der Waals surface area contributed by atoms with E-state index in [0.717, 1.165) is 30.9 Å². The van der Waals surface area contributed by atoms with Crippen molar-refractivity contribution in [3.8, 4) is 11.5 Å². The minimum atomic E-state index is 0.244. The lowest BCUT2D eigenvalue weighted by Gasteiger charge is -2.25. The molecule has 0 N–H and O–H groups in total. The molecule has 0 amide bonds. The Balaban J connectivity index is 1.85. The summed E-state index contributed by atoms with van der Waals surface area (Å²) in [6.07, 6.45) is 1.95. The maximum absolute atomic E-state index is 5.38. The Labute approximate surface area is 125 Å². The van der Waals surface area contributed by atoms with Crippen molar-refractivity contribution in [3.05, 3.63) is 59.2 Å². The molecule has 0 saturated heterocycles. The average Bonchev–Trinajstić information content (AvgIpc) is 2.55. The fourth-order valence-corrected chi connectivity index (χ4v) is 2.93. The number of hydrogen-bond donors (Lipinski definition) is 0. The predicted octanol–water partition coefficient (Wildman–Crippen LogP) is 3.15. The minimum Gasteiger partial charge on any atom is -0.493 e. The summed E-state index contributed by atoms with van der Waals surface area (Å²) in [5.41, 5.74) is 4.01. The second-order valence-electron chi connectivity index (χ2n) is 5.26. The second-order valence-corrected chi connectivity index (χ2v) is 5.26. The van der Waals surface area contributed by atoms with Gasteiger partial charge in [-0.2, -0.15) is 0 Å². The Morgan fingerprint density at radius 3 is 2.67 bits per heavy atom. The van der Waals surface area contributed by atoms with Crippen LogP contribution in [0, 0.1) is 0 Å². The van der Waals surface area contributed by atoms with E-state index >= 15 is 0 Å². The standard InChI is InChI=1S/C18H20NO2/c1-20-17-8-7-13(12-18(17)21-2)11-16-15-6-4-3-5-14(15)9-10-19-16/h3-8,12,16H,9-11H2,1-2H3. The Morgan fingerprint density at radius 2 is 1.86 bits per heavy atom. The van der Waals surface area contributed by atoms with Crippen LogP contribution in [0.4, 0.5) is 0 Å². The van der Waals surface area contributed by atoms with Gasteiger partial charge in [0.25, 0.3) is 0 Å². The molecule has 2 aromatic rings. The zero-order valence-corrected chi connectivity index (χ0v) is 12.5. The maximum atomic E-state index is 5.38. The molecule has 0 spiro atoms. The van der Waals surface area contributed by atoms with Crippen LogP contribution in [0.3, 0.4) is 0 Å². The van der Waals surface area contributed by atoms with Gasteiger partial charge >= 0.3 is 0 Å². The van der Waals surface area contributed by atoms with Gasteiger partial charge in [-0.3, -0.25) is 0 Å². The van der Waals surface area contributed by atoms with Gasteiger partial charge in [0.15, 0.2) is 11.5 Å². The van der Waals surface area contributed by atoms with Gasteiger partial charge in [-0.15, -0.1) is 0 Å². The van der Waals surface area contributed by atoms with Crippen LogP contribution in [0.25, 0.3) is 0 Å². The smallest absolute Gasteiger partial charge is 0.160 e. The normalized spacial score (nSPS) is 17.1. The fourth-order valence-electron chi connectivity index (χ4n) is 2.93. The van der Waals surface area contributed by atoms with E-state index in [-0.39, 0.29) is 6.04 Å². The van der Waals surface area contributed by atoms with E-state index in [2.05, 4.69) is 30.3 Å². The van der Waals surface area contributed by atoms with Gasteiger partial charge < -0.3 is 9.47 Å². The molecule has 0 fully saturated rings. The van der Waals surface area contributed by atoms with Crippen LogP contribution < -0.4 is 14.8 Å². The highest BCUT2D eigenvalue weighted by molar-refractivity contribution is 5.44. The summed E-state index contributed by atoms with van der Waals surface area (Å²) < 4.78 is 10.7. The molecule has 0 saturated carbocycles. The van der Waals surface area contributed by atoms with E-state index in [9.17, 15) is 0 Å². The van der Waals surface area contributed by atoms with Crippen molar-refractivity contribution >= 4 is 0 Å². The summed E-state index contributed by atoms with van der Waals surface area (Å²) in [5, 5.41) is 4.79. The van der Waals surface area contributed by atoms with Gasteiger partial charge in [0.2, 0.25) is 0 Å². The van der Waals surface area contributed by atoms with Gasteiger partial charge in [-0.1, -0.05) is 30.3 Å². The molecular formula is C18H20NO2. The third-order valence-electron chi connectivity index (χ3n) is 4.02. The largest absolute Gasteiger partial charge is 0.493 e. The van der Waals surface area contributed by atoms with Gasteiger partial charge in [0.1, 0.15) is 0 Å². The Morgan fingerprint density at radius 1 is 1.05 bits per heavy atom.